The van der Waals surface area contributed by atoms with Gasteiger partial charge in [-0.15, -0.1) is 0 Å². The smallest absolute Gasteiger partial charge is 0.416 e. The Morgan fingerprint density at radius 3 is 2.44 bits per heavy atom. The highest BCUT2D eigenvalue weighted by atomic mass is 35.5. The van der Waals surface area contributed by atoms with Crippen molar-refractivity contribution < 1.29 is 31.1 Å². The zero-order valence-electron chi connectivity index (χ0n) is 13.3. The third-order valence-corrected chi connectivity index (χ3v) is 5.18. The van der Waals surface area contributed by atoms with E-state index in [1.165, 1.54) is 0 Å². The lowest BCUT2D eigenvalue weighted by Crippen LogP contribution is -2.21. The van der Waals surface area contributed by atoms with Gasteiger partial charge >= 0.3 is 12.1 Å². The number of aromatic nitrogens is 2. The van der Waals surface area contributed by atoms with Crippen LogP contribution in [0, 0.1) is 0 Å². The highest BCUT2D eigenvalue weighted by molar-refractivity contribution is 7.91. The van der Waals surface area contributed by atoms with Crippen LogP contribution in [0.15, 0.2) is 24.5 Å². The number of rotatable bonds is 5. The lowest BCUT2D eigenvalue weighted by molar-refractivity contribution is -0.138. The average molecular weight is 444 g/mol. The number of esters is 1. The summed E-state index contributed by atoms with van der Waals surface area (Å²) in [5.74, 6) is -2.66. The molecule has 2 rings (SSSR count). The molecule has 0 aliphatic rings. The van der Waals surface area contributed by atoms with Gasteiger partial charge in [-0.2, -0.15) is 13.2 Å². The molecule has 1 N–H and O–H groups in total. The lowest BCUT2D eigenvalue weighted by atomic mass is 10.1. The van der Waals surface area contributed by atoms with Gasteiger partial charge in [0, 0.05) is 18.0 Å². The van der Waals surface area contributed by atoms with Crippen LogP contribution in [0.3, 0.4) is 0 Å². The van der Waals surface area contributed by atoms with Gasteiger partial charge in [0.05, 0.1) is 28.5 Å². The molecule has 2 aromatic rings. The second-order valence-electron chi connectivity index (χ2n) is 4.99. The lowest BCUT2D eigenvalue weighted by Gasteiger charge is -2.16. The molecule has 0 saturated carbocycles. The topological polar surface area (TPSA) is 98.2 Å². The van der Waals surface area contributed by atoms with E-state index in [1.807, 2.05) is 4.72 Å². The average Bonchev–Trinajstić information content (AvgIpc) is 2.57. The van der Waals surface area contributed by atoms with Crippen molar-refractivity contribution >= 4 is 45.0 Å². The summed E-state index contributed by atoms with van der Waals surface area (Å²) in [4.78, 5) is 18.9. The van der Waals surface area contributed by atoms with Crippen LogP contribution in [0.4, 0.5) is 19.0 Å². The fourth-order valence-electron chi connectivity index (χ4n) is 2.03. The molecule has 0 fully saturated rings. The number of sulfonamides is 1. The van der Waals surface area contributed by atoms with Crippen molar-refractivity contribution in [3.05, 3.63) is 51.4 Å². The van der Waals surface area contributed by atoms with Crippen molar-refractivity contribution in [2.24, 2.45) is 0 Å². The number of carbonyl (C=O) groups is 1. The SMILES string of the molecule is COC(=O)c1nccnc1NS(=O)(=O)Cc1c(C(F)(F)F)ccc(Cl)c1Cl. The summed E-state index contributed by atoms with van der Waals surface area (Å²) in [5.41, 5.74) is -2.46. The molecule has 0 unspecified atom stereocenters. The van der Waals surface area contributed by atoms with Crippen LogP contribution in [0.5, 0.6) is 0 Å². The number of benzene rings is 1. The summed E-state index contributed by atoms with van der Waals surface area (Å²) in [6.45, 7) is 0. The minimum absolute atomic E-state index is 0.246. The van der Waals surface area contributed by atoms with Crippen LogP contribution >= 0.6 is 23.2 Å². The fraction of sp³-hybridized carbons (Fsp3) is 0.214. The van der Waals surface area contributed by atoms with E-state index in [0.717, 1.165) is 25.6 Å². The van der Waals surface area contributed by atoms with Crippen molar-refractivity contribution in [1.82, 2.24) is 9.97 Å². The maximum Gasteiger partial charge on any atom is 0.416 e. The predicted octanol–water partition coefficient (Wildman–Crippen LogP) is 3.53. The molecule has 1 heterocycles. The highest BCUT2D eigenvalue weighted by Crippen LogP contribution is 2.39. The Hall–Kier alpha value is -2.11. The van der Waals surface area contributed by atoms with Gasteiger partial charge in [-0.3, -0.25) is 4.72 Å². The van der Waals surface area contributed by atoms with Crippen LogP contribution in [-0.4, -0.2) is 31.5 Å². The molecule has 0 bridgehead atoms. The largest absolute Gasteiger partial charge is 0.464 e. The van der Waals surface area contributed by atoms with Crippen LogP contribution in [0.2, 0.25) is 10.0 Å². The first kappa shape index (κ1) is 21.2. The normalized spacial score (nSPS) is 11.9. The molecular formula is C14H10Cl2F3N3O4S. The molecule has 0 saturated heterocycles. The summed E-state index contributed by atoms with van der Waals surface area (Å²) >= 11 is 11.5. The number of alkyl halides is 3. The van der Waals surface area contributed by atoms with Gasteiger partial charge in [0.1, 0.15) is 0 Å². The second kappa shape index (κ2) is 7.87. The predicted molar refractivity (Wildman–Crippen MR) is 91.1 cm³/mol. The molecule has 27 heavy (non-hydrogen) atoms. The molecule has 7 nitrogen and oxygen atoms in total. The molecule has 0 radical (unpaired) electrons. The summed E-state index contributed by atoms with van der Waals surface area (Å²) < 4.78 is 70.6. The molecule has 0 atom stereocenters. The number of methoxy groups -OCH3 is 1. The highest BCUT2D eigenvalue weighted by Gasteiger charge is 2.36. The van der Waals surface area contributed by atoms with Gasteiger partial charge < -0.3 is 4.74 Å². The third-order valence-electron chi connectivity index (χ3n) is 3.16. The minimum Gasteiger partial charge on any atom is -0.464 e. The summed E-state index contributed by atoms with van der Waals surface area (Å²) in [6.07, 6.45) is -2.67. The van der Waals surface area contributed by atoms with Gasteiger partial charge in [0.15, 0.2) is 11.5 Å². The van der Waals surface area contributed by atoms with Crippen LogP contribution < -0.4 is 4.72 Å². The molecule has 13 heteroatoms. The van der Waals surface area contributed by atoms with E-state index in [4.69, 9.17) is 23.2 Å². The first-order valence-electron chi connectivity index (χ1n) is 6.90. The molecule has 146 valence electrons. The molecule has 0 aliphatic carbocycles. The number of hydrogen-bond acceptors (Lipinski definition) is 6. The minimum atomic E-state index is -4.86. The Balaban J connectivity index is 2.45. The zero-order chi connectivity index (χ0) is 20.4. The van der Waals surface area contributed by atoms with E-state index in [1.54, 1.807) is 0 Å². The number of nitrogens with one attached hydrogen (secondary N) is 1. The summed E-state index contributed by atoms with van der Waals surface area (Å²) in [6, 6.07) is 1.54. The number of carbonyl (C=O) groups excluding carboxylic acids is 1. The maximum atomic E-state index is 13.2. The van der Waals surface area contributed by atoms with Gasteiger partial charge in [-0.1, -0.05) is 23.2 Å². The first-order chi connectivity index (χ1) is 12.5. The number of hydrogen-bond donors (Lipinski definition) is 1. The number of halogens is 5. The number of anilines is 1. The van der Waals surface area contributed by atoms with Crippen LogP contribution in [0.1, 0.15) is 21.6 Å². The number of nitrogens with zero attached hydrogens (tertiary/aromatic N) is 2. The van der Waals surface area contributed by atoms with Crippen molar-refractivity contribution in [2.75, 3.05) is 11.8 Å². The van der Waals surface area contributed by atoms with Crippen molar-refractivity contribution in [3.63, 3.8) is 0 Å². The number of ether oxygens (including phenoxy) is 1. The van der Waals surface area contributed by atoms with Gasteiger partial charge in [0.25, 0.3) is 0 Å². The molecule has 0 spiro atoms. The van der Waals surface area contributed by atoms with Gasteiger partial charge in [-0.25, -0.2) is 23.2 Å². The van der Waals surface area contributed by atoms with Gasteiger partial charge in [-0.05, 0) is 12.1 Å². The third kappa shape index (κ3) is 4.99. The fourth-order valence-corrected chi connectivity index (χ4v) is 3.72. The Kier molecular flexibility index (Phi) is 6.17. The van der Waals surface area contributed by atoms with E-state index in [9.17, 15) is 26.4 Å². The van der Waals surface area contributed by atoms with E-state index in [-0.39, 0.29) is 5.02 Å². The van der Waals surface area contributed by atoms with Crippen LogP contribution in [-0.2, 0) is 26.7 Å². The molecule has 1 aromatic heterocycles. The van der Waals surface area contributed by atoms with Crippen molar-refractivity contribution in [2.45, 2.75) is 11.9 Å². The molecule has 0 aliphatic heterocycles. The van der Waals surface area contributed by atoms with E-state index < -0.39 is 55.6 Å². The van der Waals surface area contributed by atoms with E-state index in [0.29, 0.717) is 6.07 Å². The Morgan fingerprint density at radius 2 is 1.85 bits per heavy atom. The molecule has 0 amide bonds. The van der Waals surface area contributed by atoms with Crippen molar-refractivity contribution in [1.29, 1.82) is 0 Å². The van der Waals surface area contributed by atoms with E-state index in [2.05, 4.69) is 14.7 Å². The quantitative estimate of drug-likeness (QED) is 0.709. The standard InChI is InChI=1S/C14H10Cl2F3N3O4S/c1-26-13(23)11-12(21-5-4-20-11)22-27(24,25)6-7-8(14(17,18)19)2-3-9(15)10(7)16/h2-5H,6H2,1H3,(H,21,22). The maximum absolute atomic E-state index is 13.2. The summed E-state index contributed by atoms with van der Waals surface area (Å²) in [5, 5.41) is -0.797. The van der Waals surface area contributed by atoms with Crippen molar-refractivity contribution in [3.8, 4) is 0 Å². The zero-order valence-corrected chi connectivity index (χ0v) is 15.7. The second-order valence-corrected chi connectivity index (χ2v) is 7.50. The van der Waals surface area contributed by atoms with Gasteiger partial charge in [0.2, 0.25) is 10.0 Å². The Labute approximate surface area is 161 Å². The Bertz CT molecular complexity index is 984. The van der Waals surface area contributed by atoms with E-state index >= 15 is 0 Å². The monoisotopic (exact) mass is 443 g/mol. The molecular weight excluding hydrogens is 434 g/mol. The Morgan fingerprint density at radius 1 is 1.22 bits per heavy atom. The molecule has 1 aromatic carbocycles. The first-order valence-corrected chi connectivity index (χ1v) is 9.31. The summed E-state index contributed by atoms with van der Waals surface area (Å²) in [7, 11) is -3.44. The van der Waals surface area contributed by atoms with Crippen LogP contribution in [0.25, 0.3) is 0 Å².